The number of rotatable bonds is 5. The molecule has 1 aliphatic carbocycles. The fourth-order valence-electron chi connectivity index (χ4n) is 3.21. The van der Waals surface area contributed by atoms with Gasteiger partial charge in [-0.05, 0) is 43.7 Å². The van der Waals surface area contributed by atoms with E-state index in [-0.39, 0.29) is 11.9 Å². The topological polar surface area (TPSA) is 68.0 Å². The molecule has 1 heterocycles. The second kappa shape index (κ2) is 7.70. The normalized spacial score (nSPS) is 21.1. The third-order valence-corrected chi connectivity index (χ3v) is 5.38. The van der Waals surface area contributed by atoms with E-state index in [1.807, 2.05) is 5.38 Å². The quantitative estimate of drug-likeness (QED) is 0.885. The zero-order valence-electron chi connectivity index (χ0n) is 13.2. The smallest absolute Gasteiger partial charge is 0.270 e. The van der Waals surface area contributed by atoms with E-state index in [1.165, 1.54) is 16.9 Å². The van der Waals surface area contributed by atoms with E-state index >= 15 is 0 Å². The Morgan fingerprint density at radius 2 is 1.96 bits per heavy atom. The SMILES string of the molecule is NCCc1nc(C(=O)NC2CCC(c3ccccc3)CC2)cs1. The Morgan fingerprint density at radius 1 is 1.22 bits per heavy atom. The Bertz CT molecular complexity index is 633. The van der Waals surface area contributed by atoms with Crippen LogP contribution >= 0.6 is 11.3 Å². The summed E-state index contributed by atoms with van der Waals surface area (Å²) in [6, 6.07) is 10.9. The first kappa shape index (κ1) is 16.1. The van der Waals surface area contributed by atoms with Crippen molar-refractivity contribution in [3.05, 3.63) is 52.0 Å². The minimum absolute atomic E-state index is 0.0484. The first-order valence-electron chi connectivity index (χ1n) is 8.26. The van der Waals surface area contributed by atoms with Gasteiger partial charge in [-0.15, -0.1) is 11.3 Å². The monoisotopic (exact) mass is 329 g/mol. The standard InChI is InChI=1S/C18H23N3OS/c19-11-10-17-21-16(12-23-17)18(22)20-15-8-6-14(7-9-15)13-4-2-1-3-5-13/h1-5,12,14-15H,6-11,19H2,(H,20,22). The van der Waals surface area contributed by atoms with Gasteiger partial charge in [0.15, 0.2) is 0 Å². The lowest BCUT2D eigenvalue weighted by atomic mass is 9.82. The number of nitrogens with zero attached hydrogens (tertiary/aromatic N) is 1. The summed E-state index contributed by atoms with van der Waals surface area (Å²) >= 11 is 1.51. The Labute approximate surface area is 141 Å². The molecule has 2 aromatic rings. The minimum Gasteiger partial charge on any atom is -0.348 e. The lowest BCUT2D eigenvalue weighted by Gasteiger charge is -2.29. The molecule has 3 N–H and O–H groups in total. The third kappa shape index (κ3) is 4.18. The Kier molecular flexibility index (Phi) is 5.41. The average Bonchev–Trinajstić information content (AvgIpc) is 3.06. The van der Waals surface area contributed by atoms with E-state index in [4.69, 9.17) is 5.73 Å². The van der Waals surface area contributed by atoms with Gasteiger partial charge in [0.05, 0.1) is 5.01 Å². The molecule has 1 saturated carbocycles. The van der Waals surface area contributed by atoms with Gasteiger partial charge in [0.1, 0.15) is 5.69 Å². The predicted octanol–water partition coefficient (Wildman–Crippen LogP) is 3.10. The van der Waals surface area contributed by atoms with Gasteiger partial charge >= 0.3 is 0 Å². The van der Waals surface area contributed by atoms with Crippen molar-refractivity contribution < 1.29 is 4.79 Å². The van der Waals surface area contributed by atoms with Crippen LogP contribution in [0, 0.1) is 0 Å². The molecule has 1 aromatic carbocycles. The van der Waals surface area contributed by atoms with Crippen molar-refractivity contribution in [3.8, 4) is 0 Å². The summed E-state index contributed by atoms with van der Waals surface area (Å²) in [4.78, 5) is 16.6. The molecule has 0 aliphatic heterocycles. The van der Waals surface area contributed by atoms with Crippen molar-refractivity contribution in [1.82, 2.24) is 10.3 Å². The summed E-state index contributed by atoms with van der Waals surface area (Å²) < 4.78 is 0. The zero-order chi connectivity index (χ0) is 16.1. The fourth-order valence-corrected chi connectivity index (χ4v) is 4.00. The van der Waals surface area contributed by atoms with E-state index in [9.17, 15) is 4.79 Å². The van der Waals surface area contributed by atoms with Crippen LogP contribution in [0.4, 0.5) is 0 Å². The van der Waals surface area contributed by atoms with Crippen LogP contribution in [-0.2, 0) is 6.42 Å². The van der Waals surface area contributed by atoms with Crippen LogP contribution < -0.4 is 11.1 Å². The molecular weight excluding hydrogens is 306 g/mol. The van der Waals surface area contributed by atoms with E-state index in [0.29, 0.717) is 18.2 Å². The van der Waals surface area contributed by atoms with Gasteiger partial charge in [-0.3, -0.25) is 4.79 Å². The summed E-state index contributed by atoms with van der Waals surface area (Å²) in [7, 11) is 0. The lowest BCUT2D eigenvalue weighted by Crippen LogP contribution is -2.37. The molecule has 23 heavy (non-hydrogen) atoms. The van der Waals surface area contributed by atoms with E-state index < -0.39 is 0 Å². The predicted molar refractivity (Wildman–Crippen MR) is 93.8 cm³/mol. The second-order valence-corrected chi connectivity index (χ2v) is 7.04. The van der Waals surface area contributed by atoms with Crippen LogP contribution in [0.15, 0.2) is 35.7 Å². The molecule has 1 aromatic heterocycles. The number of nitrogens with two attached hydrogens (primary N) is 1. The van der Waals surface area contributed by atoms with Crippen molar-refractivity contribution in [3.63, 3.8) is 0 Å². The second-order valence-electron chi connectivity index (χ2n) is 6.10. The van der Waals surface area contributed by atoms with Crippen LogP contribution in [-0.4, -0.2) is 23.5 Å². The minimum atomic E-state index is -0.0484. The number of benzene rings is 1. The highest BCUT2D eigenvalue weighted by molar-refractivity contribution is 7.09. The Morgan fingerprint density at radius 3 is 2.65 bits per heavy atom. The number of nitrogens with one attached hydrogen (secondary N) is 1. The number of aromatic nitrogens is 1. The van der Waals surface area contributed by atoms with Crippen molar-refractivity contribution >= 4 is 17.2 Å². The molecule has 0 atom stereocenters. The van der Waals surface area contributed by atoms with Crippen molar-refractivity contribution in [2.75, 3.05) is 6.54 Å². The van der Waals surface area contributed by atoms with Crippen LogP contribution in [0.5, 0.6) is 0 Å². The third-order valence-electron chi connectivity index (χ3n) is 4.48. The van der Waals surface area contributed by atoms with Crippen LogP contribution in [0.25, 0.3) is 0 Å². The molecule has 4 nitrogen and oxygen atoms in total. The van der Waals surface area contributed by atoms with E-state index in [0.717, 1.165) is 37.1 Å². The molecule has 1 amide bonds. The van der Waals surface area contributed by atoms with Gasteiger partial charge in [0, 0.05) is 17.8 Å². The Hall–Kier alpha value is -1.72. The van der Waals surface area contributed by atoms with Crippen LogP contribution in [0.2, 0.25) is 0 Å². The molecule has 5 heteroatoms. The first-order chi connectivity index (χ1) is 11.3. The number of thiazole rings is 1. The van der Waals surface area contributed by atoms with Crippen molar-refractivity contribution in [1.29, 1.82) is 0 Å². The summed E-state index contributed by atoms with van der Waals surface area (Å²) in [5, 5.41) is 5.90. The molecule has 0 bridgehead atoms. The summed E-state index contributed by atoms with van der Waals surface area (Å²) in [5.74, 6) is 0.576. The van der Waals surface area contributed by atoms with Gasteiger partial charge in [-0.25, -0.2) is 4.98 Å². The molecule has 1 aliphatic rings. The highest BCUT2D eigenvalue weighted by Crippen LogP contribution is 2.32. The average molecular weight is 329 g/mol. The molecule has 3 rings (SSSR count). The van der Waals surface area contributed by atoms with Crippen molar-refractivity contribution in [2.24, 2.45) is 5.73 Å². The van der Waals surface area contributed by atoms with Crippen LogP contribution in [0.1, 0.15) is 52.7 Å². The number of carbonyl (C=O) groups is 1. The van der Waals surface area contributed by atoms with Gasteiger partial charge in [0.25, 0.3) is 5.91 Å². The highest BCUT2D eigenvalue weighted by atomic mass is 32.1. The maximum absolute atomic E-state index is 12.3. The number of amides is 1. The maximum atomic E-state index is 12.3. The molecule has 0 spiro atoms. The van der Waals surface area contributed by atoms with E-state index in [2.05, 4.69) is 40.6 Å². The van der Waals surface area contributed by atoms with Gasteiger partial charge in [0.2, 0.25) is 0 Å². The number of carbonyl (C=O) groups excluding carboxylic acids is 1. The largest absolute Gasteiger partial charge is 0.348 e. The molecular formula is C18H23N3OS. The van der Waals surface area contributed by atoms with Gasteiger partial charge in [-0.1, -0.05) is 30.3 Å². The van der Waals surface area contributed by atoms with Gasteiger partial charge < -0.3 is 11.1 Å². The summed E-state index contributed by atoms with van der Waals surface area (Å²) in [6.45, 7) is 0.568. The van der Waals surface area contributed by atoms with Crippen LogP contribution in [0.3, 0.4) is 0 Å². The van der Waals surface area contributed by atoms with Crippen molar-refractivity contribution in [2.45, 2.75) is 44.1 Å². The first-order valence-corrected chi connectivity index (χ1v) is 9.14. The summed E-state index contributed by atoms with van der Waals surface area (Å²) in [5.41, 5.74) is 7.47. The fraction of sp³-hybridized carbons (Fsp3) is 0.444. The van der Waals surface area contributed by atoms with Gasteiger partial charge in [-0.2, -0.15) is 0 Å². The zero-order valence-corrected chi connectivity index (χ0v) is 14.0. The molecule has 0 saturated heterocycles. The molecule has 0 unspecified atom stereocenters. The molecule has 122 valence electrons. The number of hydrogen-bond donors (Lipinski definition) is 2. The van der Waals surface area contributed by atoms with E-state index in [1.54, 1.807) is 0 Å². The molecule has 1 fully saturated rings. The highest BCUT2D eigenvalue weighted by Gasteiger charge is 2.24. The maximum Gasteiger partial charge on any atom is 0.270 e. The summed E-state index contributed by atoms with van der Waals surface area (Å²) in [6.07, 6.45) is 5.06. The number of hydrogen-bond acceptors (Lipinski definition) is 4. The molecule has 0 radical (unpaired) electrons. The lowest BCUT2D eigenvalue weighted by molar-refractivity contribution is 0.0921. The Balaban J connectivity index is 1.51.